The summed E-state index contributed by atoms with van der Waals surface area (Å²) in [4.78, 5) is 0. The SMILES string of the molecule is Cc1n(CCC[n+]2ccn(CCC[n+]3ccn(CCCBr)c3C)c2C)cc[n+]1C. The van der Waals surface area contributed by atoms with Crippen LogP contribution >= 0.6 is 15.9 Å². The van der Waals surface area contributed by atoms with Gasteiger partial charge in [0, 0.05) is 38.9 Å². The minimum Gasteiger partial charge on any atom is -0.237 e. The summed E-state index contributed by atoms with van der Waals surface area (Å²) in [7, 11) is 2.10. The second-order valence-corrected chi connectivity index (χ2v) is 8.66. The van der Waals surface area contributed by atoms with Crippen LogP contribution in [0.25, 0.3) is 0 Å². The van der Waals surface area contributed by atoms with Crippen LogP contribution in [0.3, 0.4) is 0 Å². The van der Waals surface area contributed by atoms with Gasteiger partial charge in [0.05, 0.1) is 39.8 Å². The monoisotopic (exact) mass is 463 g/mol. The molecule has 7 heteroatoms. The van der Waals surface area contributed by atoms with Crippen LogP contribution in [-0.2, 0) is 39.8 Å². The summed E-state index contributed by atoms with van der Waals surface area (Å²) >= 11 is 3.52. The van der Waals surface area contributed by atoms with Crippen molar-refractivity contribution in [2.45, 2.75) is 72.8 Å². The Bertz CT molecular complexity index is 920. The molecule has 0 unspecified atom stereocenters. The molecule has 0 saturated heterocycles. The van der Waals surface area contributed by atoms with Crippen LogP contribution in [0.4, 0.5) is 0 Å². The van der Waals surface area contributed by atoms with Gasteiger partial charge < -0.3 is 0 Å². The predicted octanol–water partition coefficient (Wildman–Crippen LogP) is 2.38. The lowest BCUT2D eigenvalue weighted by molar-refractivity contribution is -0.704. The van der Waals surface area contributed by atoms with Crippen LogP contribution in [0.15, 0.2) is 37.2 Å². The Labute approximate surface area is 183 Å². The lowest BCUT2D eigenvalue weighted by atomic mass is 10.4. The minimum absolute atomic E-state index is 1.06. The Morgan fingerprint density at radius 2 is 1.14 bits per heavy atom. The number of halogens is 1. The van der Waals surface area contributed by atoms with Gasteiger partial charge in [0.2, 0.25) is 0 Å². The van der Waals surface area contributed by atoms with Crippen molar-refractivity contribution in [2.24, 2.45) is 7.05 Å². The topological polar surface area (TPSA) is 26.4 Å². The van der Waals surface area contributed by atoms with Gasteiger partial charge in [-0.05, 0) is 6.42 Å². The fourth-order valence-electron chi connectivity index (χ4n) is 3.92. The van der Waals surface area contributed by atoms with Crippen molar-refractivity contribution >= 4 is 15.9 Å². The van der Waals surface area contributed by atoms with Crippen LogP contribution in [0.5, 0.6) is 0 Å². The quantitative estimate of drug-likeness (QED) is 0.308. The molecule has 3 rings (SSSR count). The van der Waals surface area contributed by atoms with Crippen molar-refractivity contribution in [3.05, 3.63) is 54.7 Å². The molecular formula is C22H36BrN6+3. The molecule has 6 nitrogen and oxygen atoms in total. The largest absolute Gasteiger partial charge is 0.253 e. The van der Waals surface area contributed by atoms with E-state index in [2.05, 4.69) is 108 Å². The van der Waals surface area contributed by atoms with Gasteiger partial charge in [-0.25, -0.2) is 27.4 Å². The summed E-state index contributed by atoms with van der Waals surface area (Å²) in [5, 5.41) is 1.06. The molecule has 0 aliphatic heterocycles. The van der Waals surface area contributed by atoms with Crippen LogP contribution < -0.4 is 13.7 Å². The lowest BCUT2D eigenvalue weighted by Gasteiger charge is -2.03. The van der Waals surface area contributed by atoms with Gasteiger partial charge in [-0.2, -0.15) is 0 Å². The Balaban J connectivity index is 1.47. The van der Waals surface area contributed by atoms with Gasteiger partial charge >= 0.3 is 0 Å². The number of hydrogen-bond acceptors (Lipinski definition) is 0. The fourth-order valence-corrected chi connectivity index (χ4v) is 4.17. The molecule has 0 spiro atoms. The molecule has 0 saturated carbocycles. The molecule has 0 aliphatic carbocycles. The van der Waals surface area contributed by atoms with Gasteiger partial charge in [-0.3, -0.25) is 0 Å². The van der Waals surface area contributed by atoms with Crippen molar-refractivity contribution in [2.75, 3.05) is 5.33 Å². The average Bonchev–Trinajstić information content (AvgIpc) is 3.35. The van der Waals surface area contributed by atoms with Crippen LogP contribution in [0, 0.1) is 20.8 Å². The van der Waals surface area contributed by atoms with E-state index in [1.54, 1.807) is 0 Å². The van der Waals surface area contributed by atoms with E-state index >= 15 is 0 Å². The normalized spacial score (nSPS) is 11.5. The summed E-state index contributed by atoms with van der Waals surface area (Å²) < 4.78 is 14.0. The molecule has 3 aromatic heterocycles. The molecular weight excluding hydrogens is 428 g/mol. The Morgan fingerprint density at radius 3 is 1.59 bits per heavy atom. The second kappa shape index (κ2) is 10.2. The Kier molecular flexibility index (Phi) is 7.70. The first-order chi connectivity index (χ1) is 14.0. The molecule has 0 bridgehead atoms. The molecule has 0 aromatic carbocycles. The summed E-state index contributed by atoms with van der Waals surface area (Å²) in [6.07, 6.45) is 16.6. The number of aromatic nitrogens is 6. The zero-order valence-corrected chi connectivity index (χ0v) is 20.0. The standard InChI is InChI=1S/C22H36BrN6/c1-20-24(4)14-15-25(20)10-6-11-28-18-19-29(22(28)3)13-7-12-27-17-16-26(21(27)2)9-5-8-23/h14-19H,5-13H2,1-4H3/q+3. The van der Waals surface area contributed by atoms with Crippen molar-refractivity contribution in [3.8, 4) is 0 Å². The number of hydrogen-bond donors (Lipinski definition) is 0. The number of imidazole rings is 3. The molecule has 158 valence electrons. The third-order valence-corrected chi connectivity index (χ3v) is 6.60. The Hall–Kier alpha value is -1.89. The first-order valence-electron chi connectivity index (χ1n) is 10.7. The molecule has 0 amide bonds. The maximum absolute atomic E-state index is 3.52. The molecule has 3 heterocycles. The van der Waals surface area contributed by atoms with Gasteiger partial charge in [0.1, 0.15) is 37.2 Å². The predicted molar refractivity (Wildman–Crippen MR) is 117 cm³/mol. The number of aryl methyl sites for hydroxylation is 6. The van der Waals surface area contributed by atoms with Gasteiger partial charge in [-0.1, -0.05) is 15.9 Å². The first kappa shape index (κ1) is 21.8. The van der Waals surface area contributed by atoms with E-state index < -0.39 is 0 Å². The highest BCUT2D eigenvalue weighted by Gasteiger charge is 2.15. The lowest BCUT2D eigenvalue weighted by Crippen LogP contribution is -2.37. The zero-order valence-electron chi connectivity index (χ0n) is 18.4. The molecule has 0 aliphatic rings. The van der Waals surface area contributed by atoms with E-state index in [1.165, 1.54) is 23.9 Å². The van der Waals surface area contributed by atoms with Crippen LogP contribution in [0.2, 0.25) is 0 Å². The van der Waals surface area contributed by atoms with Crippen molar-refractivity contribution in [3.63, 3.8) is 0 Å². The highest BCUT2D eigenvalue weighted by atomic mass is 79.9. The van der Waals surface area contributed by atoms with E-state index in [0.29, 0.717) is 0 Å². The van der Waals surface area contributed by atoms with E-state index in [-0.39, 0.29) is 0 Å². The van der Waals surface area contributed by atoms with E-state index in [1.807, 2.05) is 0 Å². The van der Waals surface area contributed by atoms with Gasteiger partial charge in [-0.15, -0.1) is 0 Å². The van der Waals surface area contributed by atoms with E-state index in [4.69, 9.17) is 0 Å². The van der Waals surface area contributed by atoms with Crippen molar-refractivity contribution < 1.29 is 13.7 Å². The number of nitrogens with zero attached hydrogens (tertiary/aromatic N) is 6. The average molecular weight is 464 g/mol. The molecule has 0 radical (unpaired) electrons. The third-order valence-electron chi connectivity index (χ3n) is 6.04. The first-order valence-corrected chi connectivity index (χ1v) is 11.8. The van der Waals surface area contributed by atoms with Gasteiger partial charge in [0.15, 0.2) is 0 Å². The van der Waals surface area contributed by atoms with E-state index in [9.17, 15) is 0 Å². The summed E-state index contributed by atoms with van der Waals surface area (Å²) in [5.41, 5.74) is 0. The fraction of sp³-hybridized carbons (Fsp3) is 0.591. The number of alkyl halides is 1. The summed E-state index contributed by atoms with van der Waals surface area (Å²) in [5.74, 6) is 3.99. The van der Waals surface area contributed by atoms with E-state index in [0.717, 1.165) is 50.9 Å². The van der Waals surface area contributed by atoms with Crippen molar-refractivity contribution in [1.82, 2.24) is 13.7 Å². The smallest absolute Gasteiger partial charge is 0.237 e. The van der Waals surface area contributed by atoms with Crippen LogP contribution in [0.1, 0.15) is 36.7 Å². The molecule has 3 aromatic rings. The summed E-state index contributed by atoms with van der Waals surface area (Å²) in [6.45, 7) is 12.0. The Morgan fingerprint density at radius 1 is 0.690 bits per heavy atom. The van der Waals surface area contributed by atoms with Crippen LogP contribution in [-0.4, -0.2) is 19.0 Å². The summed E-state index contributed by atoms with van der Waals surface area (Å²) in [6, 6.07) is 0. The molecule has 0 fully saturated rings. The van der Waals surface area contributed by atoms with Gasteiger partial charge in [0.25, 0.3) is 17.5 Å². The third kappa shape index (κ3) is 5.38. The molecule has 0 N–H and O–H groups in total. The van der Waals surface area contributed by atoms with Crippen molar-refractivity contribution in [1.29, 1.82) is 0 Å². The maximum atomic E-state index is 3.52. The molecule has 29 heavy (non-hydrogen) atoms. The minimum atomic E-state index is 1.06. The molecule has 0 atom stereocenters. The second-order valence-electron chi connectivity index (χ2n) is 7.86. The highest BCUT2D eigenvalue weighted by Crippen LogP contribution is 2.02. The number of rotatable bonds is 11. The zero-order chi connectivity index (χ0) is 20.8. The maximum Gasteiger partial charge on any atom is 0.253 e. The highest BCUT2D eigenvalue weighted by molar-refractivity contribution is 9.09.